The Morgan fingerprint density at radius 2 is 1.37 bits per heavy atom. The smallest absolute Gasteiger partial charge is 0.243 e. The molecule has 10 N–H and O–H groups in total. The third-order valence-corrected chi connectivity index (χ3v) is 10.5. The monoisotopic (exact) mass is 811 g/mol. The topological polar surface area (TPSA) is 260 Å². The van der Waals surface area contributed by atoms with Crippen molar-refractivity contribution in [3.63, 3.8) is 0 Å². The van der Waals surface area contributed by atoms with Gasteiger partial charge >= 0.3 is 0 Å². The van der Waals surface area contributed by atoms with Gasteiger partial charge in [-0.1, -0.05) is 78.9 Å². The molecule has 0 radical (unpaired) electrons. The van der Waals surface area contributed by atoms with Crippen LogP contribution in [-0.2, 0) is 52.8 Å². The molecule has 0 spiro atoms. The Balaban J connectivity index is 1.33. The molecule has 6 rings (SSSR count). The summed E-state index contributed by atoms with van der Waals surface area (Å²) in [5, 5.41) is 48.0. The Bertz CT molecular complexity index is 2120. The van der Waals surface area contributed by atoms with Gasteiger partial charge < -0.3 is 56.9 Å². The van der Waals surface area contributed by atoms with Crippen LogP contribution in [0.15, 0.2) is 91.1 Å². The maximum absolute atomic E-state index is 14.3. The van der Waals surface area contributed by atoms with Crippen LogP contribution in [0.25, 0.3) is 10.9 Å². The summed E-state index contributed by atoms with van der Waals surface area (Å²) >= 11 is 0. The van der Waals surface area contributed by atoms with Gasteiger partial charge in [-0.25, -0.2) is 0 Å². The van der Waals surface area contributed by atoms with E-state index in [1.54, 1.807) is 6.20 Å². The van der Waals surface area contributed by atoms with Crippen molar-refractivity contribution in [3.05, 3.63) is 108 Å². The minimum absolute atomic E-state index is 0.0297. The van der Waals surface area contributed by atoms with Gasteiger partial charge in [0, 0.05) is 49.8 Å². The molecule has 17 heteroatoms. The first-order chi connectivity index (χ1) is 28.4. The molecule has 9 atom stereocenters. The number of aliphatic hydroxyl groups is 3. The molecule has 17 nitrogen and oxygen atoms in total. The summed E-state index contributed by atoms with van der Waals surface area (Å²) in [4.78, 5) is 85.8. The molecule has 2 fully saturated rings. The molecule has 6 amide bonds. The number of hydrogen-bond acceptors (Lipinski definition) is 10. The molecule has 2 aliphatic rings. The Hall–Kier alpha value is -6.14. The van der Waals surface area contributed by atoms with Crippen molar-refractivity contribution in [3.8, 4) is 0 Å². The van der Waals surface area contributed by atoms with Crippen LogP contribution in [0.3, 0.4) is 0 Å². The molecule has 3 aromatic carbocycles. The van der Waals surface area contributed by atoms with Crippen molar-refractivity contribution < 1.29 is 48.8 Å². The zero-order valence-corrected chi connectivity index (χ0v) is 32.3. The number of aromatic amines is 1. The molecule has 2 aliphatic heterocycles. The standard InChI is InChI=1S/C42H49N7O10/c1-23(51)45-35-37(54)36(53)33(22-50)59-42(35)49-39(56)29-19-34(52)47-32(18-26-20-43-30-15-9-8-14-28(26)30)41(58)48-31(17-25-12-6-3-7-13-25)40(57)46-27(21-44-38(29)55)16-24-10-4-2-5-11-24/h2-15,20,27,29,31-33,35-37,42-43,50,53-54H,16-19,21-22H2,1H3,(H,44,55)(H,45,51)(H,46,57)(H,47,52)(H,48,58)(H,49,56)/t27-,29?,31-,32+,33?,35?,36?,37?,42?/m1/s1. The number of aliphatic hydroxyl groups excluding tert-OH is 3. The number of aromatic nitrogens is 1. The number of benzene rings is 3. The predicted molar refractivity (Wildman–Crippen MR) is 213 cm³/mol. The fraction of sp³-hybridized carbons (Fsp3) is 0.381. The number of carbonyl (C=O) groups is 6. The molecule has 0 saturated carbocycles. The lowest BCUT2D eigenvalue weighted by Gasteiger charge is -2.42. The van der Waals surface area contributed by atoms with Crippen molar-refractivity contribution >= 4 is 46.3 Å². The number of nitrogens with one attached hydrogen (secondary N) is 7. The van der Waals surface area contributed by atoms with Gasteiger partial charge in [-0.05, 0) is 29.2 Å². The van der Waals surface area contributed by atoms with Crippen LogP contribution >= 0.6 is 0 Å². The second-order valence-corrected chi connectivity index (χ2v) is 14.8. The SMILES string of the molecule is CC(=O)NC1C(NC(=O)C2CC(=O)N[C@@H](Cc3c[nH]c4ccccc34)C(=O)N[C@H](Cc3ccccc3)C(=O)N[C@H](Cc3ccccc3)CNC2=O)OC(CO)C(O)C1O. The van der Waals surface area contributed by atoms with Gasteiger partial charge in [0.1, 0.15) is 42.4 Å². The number of fused-ring (bicyclic) bond motifs is 1. The van der Waals surface area contributed by atoms with Gasteiger partial charge in [-0.2, -0.15) is 0 Å². The summed E-state index contributed by atoms with van der Waals surface area (Å²) in [5.41, 5.74) is 3.06. The van der Waals surface area contributed by atoms with Gasteiger partial charge in [-0.3, -0.25) is 28.8 Å². The maximum atomic E-state index is 14.3. The summed E-state index contributed by atoms with van der Waals surface area (Å²) in [5.74, 6) is -6.46. The van der Waals surface area contributed by atoms with Crippen molar-refractivity contribution in [2.24, 2.45) is 5.92 Å². The Labute approximate surface area is 339 Å². The van der Waals surface area contributed by atoms with E-state index in [0.717, 1.165) is 29.0 Å². The predicted octanol–water partition coefficient (Wildman–Crippen LogP) is -1.15. The molecule has 3 heterocycles. The van der Waals surface area contributed by atoms with Crippen LogP contribution < -0.4 is 31.9 Å². The highest BCUT2D eigenvalue weighted by atomic mass is 16.5. The van der Waals surface area contributed by atoms with Crippen molar-refractivity contribution in [2.75, 3.05) is 13.2 Å². The van der Waals surface area contributed by atoms with Crippen LogP contribution in [0.2, 0.25) is 0 Å². The van der Waals surface area contributed by atoms with E-state index in [1.165, 1.54) is 0 Å². The van der Waals surface area contributed by atoms with Gasteiger partial charge in [0.15, 0.2) is 6.23 Å². The summed E-state index contributed by atoms with van der Waals surface area (Å²) in [6, 6.07) is 21.1. The lowest BCUT2D eigenvalue weighted by atomic mass is 9.95. The fourth-order valence-corrected chi connectivity index (χ4v) is 7.40. The highest BCUT2D eigenvalue weighted by Gasteiger charge is 2.46. The van der Waals surface area contributed by atoms with Crippen molar-refractivity contribution in [1.82, 2.24) is 36.9 Å². The summed E-state index contributed by atoms with van der Waals surface area (Å²) in [6.07, 6.45) is -4.99. The molecule has 0 bridgehead atoms. The molecule has 4 aromatic rings. The van der Waals surface area contributed by atoms with Crippen LogP contribution in [0.1, 0.15) is 30.0 Å². The Morgan fingerprint density at radius 1 is 0.746 bits per heavy atom. The quantitative estimate of drug-likeness (QED) is 0.0860. The zero-order chi connectivity index (χ0) is 42.1. The van der Waals surface area contributed by atoms with Crippen LogP contribution in [0.4, 0.5) is 0 Å². The molecule has 1 aromatic heterocycles. The average Bonchev–Trinajstić information content (AvgIpc) is 3.63. The Morgan fingerprint density at radius 3 is 2.05 bits per heavy atom. The molecular weight excluding hydrogens is 763 g/mol. The molecule has 312 valence electrons. The first-order valence-corrected chi connectivity index (χ1v) is 19.4. The van der Waals surface area contributed by atoms with E-state index in [-0.39, 0.29) is 25.8 Å². The lowest BCUT2D eigenvalue weighted by Crippen LogP contribution is -2.68. The van der Waals surface area contributed by atoms with Crippen LogP contribution in [0.5, 0.6) is 0 Å². The first kappa shape index (κ1) is 42.5. The van der Waals surface area contributed by atoms with Crippen molar-refractivity contribution in [1.29, 1.82) is 0 Å². The first-order valence-electron chi connectivity index (χ1n) is 19.4. The number of para-hydroxylation sites is 1. The van der Waals surface area contributed by atoms with Crippen LogP contribution in [-0.4, -0.2) is 118 Å². The highest BCUT2D eigenvalue weighted by molar-refractivity contribution is 6.04. The lowest BCUT2D eigenvalue weighted by molar-refractivity contribution is -0.203. The van der Waals surface area contributed by atoms with Crippen molar-refractivity contribution in [2.45, 2.75) is 81.3 Å². The van der Waals surface area contributed by atoms with E-state index in [1.807, 2.05) is 84.9 Å². The van der Waals surface area contributed by atoms with E-state index in [2.05, 4.69) is 36.9 Å². The number of amides is 6. The summed E-state index contributed by atoms with van der Waals surface area (Å²) < 4.78 is 5.65. The molecule has 0 aliphatic carbocycles. The van der Waals surface area contributed by atoms with Crippen LogP contribution in [0, 0.1) is 5.92 Å². The zero-order valence-electron chi connectivity index (χ0n) is 32.3. The summed E-state index contributed by atoms with van der Waals surface area (Å²) in [7, 11) is 0. The van der Waals surface area contributed by atoms with Gasteiger partial charge in [0.05, 0.1) is 12.6 Å². The normalized spacial score (nSPS) is 27.0. The molecular formula is C42H49N7O10. The fourth-order valence-electron chi connectivity index (χ4n) is 7.40. The second kappa shape index (κ2) is 19.5. The molecule has 59 heavy (non-hydrogen) atoms. The Kier molecular flexibility index (Phi) is 14.1. The molecule has 6 unspecified atom stereocenters. The third-order valence-electron chi connectivity index (χ3n) is 10.5. The van der Waals surface area contributed by atoms with E-state index < -0.39 is 103 Å². The van der Waals surface area contributed by atoms with Gasteiger partial charge in [0.2, 0.25) is 35.4 Å². The largest absolute Gasteiger partial charge is 0.394 e. The number of hydrogen-bond donors (Lipinski definition) is 10. The average molecular weight is 812 g/mol. The van der Waals surface area contributed by atoms with E-state index >= 15 is 0 Å². The number of rotatable bonds is 10. The number of H-pyrrole nitrogens is 1. The van der Waals surface area contributed by atoms with E-state index in [0.29, 0.717) is 5.56 Å². The third kappa shape index (κ3) is 10.9. The van der Waals surface area contributed by atoms with Gasteiger partial charge in [0.25, 0.3) is 0 Å². The highest BCUT2D eigenvalue weighted by Crippen LogP contribution is 2.22. The van der Waals surface area contributed by atoms with E-state index in [9.17, 15) is 44.1 Å². The minimum atomic E-state index is -1.77. The number of carbonyl (C=O) groups excluding carboxylic acids is 6. The van der Waals surface area contributed by atoms with Gasteiger partial charge in [-0.15, -0.1) is 0 Å². The second-order valence-electron chi connectivity index (χ2n) is 14.8. The summed E-state index contributed by atoms with van der Waals surface area (Å²) in [6.45, 7) is 0.194. The number of ether oxygens (including phenoxy) is 1. The van der Waals surface area contributed by atoms with E-state index in [4.69, 9.17) is 4.74 Å². The minimum Gasteiger partial charge on any atom is -0.394 e. The maximum Gasteiger partial charge on any atom is 0.243 e. The molecule has 2 saturated heterocycles.